The lowest BCUT2D eigenvalue weighted by molar-refractivity contribution is 0.420. The van der Waals surface area contributed by atoms with Crippen LogP contribution in [0.5, 0.6) is 0 Å². The van der Waals surface area contributed by atoms with E-state index in [2.05, 4.69) is 26.6 Å². The van der Waals surface area contributed by atoms with Gasteiger partial charge in [-0.15, -0.1) is 5.10 Å². The predicted molar refractivity (Wildman–Crippen MR) is 106 cm³/mol. The molecule has 28 heavy (non-hydrogen) atoms. The number of aliphatic hydroxyl groups is 1. The minimum atomic E-state index is -0.0754. The molecular formula is C19H15N7OS. The number of hydrogen-bond donors (Lipinski definition) is 1. The van der Waals surface area contributed by atoms with Crippen molar-refractivity contribution in [2.75, 3.05) is 5.75 Å². The third-order valence-corrected chi connectivity index (χ3v) is 5.12. The molecule has 0 aliphatic heterocycles. The molecule has 0 saturated heterocycles. The van der Waals surface area contributed by atoms with E-state index in [1.165, 1.54) is 11.8 Å². The molecule has 2 aromatic heterocycles. The first-order valence-corrected chi connectivity index (χ1v) is 9.38. The molecule has 0 fully saturated rings. The molecule has 0 atom stereocenters. The van der Waals surface area contributed by atoms with Gasteiger partial charge in [-0.25, -0.2) is 4.98 Å². The molecule has 4 aromatic rings. The Labute approximate surface area is 164 Å². The fourth-order valence-electron chi connectivity index (χ4n) is 2.82. The maximum atomic E-state index is 10.6. The van der Waals surface area contributed by atoms with E-state index in [-0.39, 0.29) is 17.1 Å². The molecule has 0 aliphatic carbocycles. The van der Waals surface area contributed by atoms with Crippen LogP contribution in [-0.4, -0.2) is 40.6 Å². The molecule has 138 valence electrons. The average Bonchev–Trinajstić information content (AvgIpc) is 3.33. The van der Waals surface area contributed by atoms with Crippen LogP contribution in [0.1, 0.15) is 5.82 Å². The molecule has 0 aliphatic rings. The van der Waals surface area contributed by atoms with Gasteiger partial charge in [0.15, 0.2) is 5.82 Å². The van der Waals surface area contributed by atoms with E-state index in [1.54, 1.807) is 9.25 Å². The van der Waals surface area contributed by atoms with Gasteiger partial charge >= 0.3 is 0 Å². The summed E-state index contributed by atoms with van der Waals surface area (Å²) in [6.07, 6.45) is 0. The van der Waals surface area contributed by atoms with Crippen LogP contribution in [0.15, 0.2) is 65.5 Å². The lowest BCUT2D eigenvalue weighted by atomic mass is 10.2. The minimum absolute atomic E-state index is 0.0754. The number of nitrogens with zero attached hydrogens (tertiary/aromatic N) is 7. The molecule has 2 heterocycles. The lowest BCUT2D eigenvalue weighted by Crippen LogP contribution is -2.02. The van der Waals surface area contributed by atoms with Crippen LogP contribution in [0.4, 0.5) is 0 Å². The number of tetrazole rings is 1. The first-order chi connectivity index (χ1) is 13.7. The van der Waals surface area contributed by atoms with E-state index in [9.17, 15) is 10.4 Å². The highest BCUT2D eigenvalue weighted by Gasteiger charge is 2.18. The van der Waals surface area contributed by atoms with E-state index in [0.717, 1.165) is 16.7 Å². The van der Waals surface area contributed by atoms with Crippen molar-refractivity contribution in [3.63, 3.8) is 0 Å². The highest BCUT2D eigenvalue weighted by molar-refractivity contribution is 7.99. The Morgan fingerprint density at radius 2 is 1.89 bits per heavy atom. The van der Waals surface area contributed by atoms with Crippen LogP contribution < -0.4 is 0 Å². The Bertz CT molecular complexity index is 1200. The number of imidazole rings is 1. The highest BCUT2D eigenvalue weighted by atomic mass is 32.2. The van der Waals surface area contributed by atoms with Gasteiger partial charge in [0.25, 0.3) is 0 Å². The van der Waals surface area contributed by atoms with Crippen LogP contribution >= 0.6 is 11.8 Å². The largest absolute Gasteiger partial charge is 0.510 e. The van der Waals surface area contributed by atoms with Crippen LogP contribution in [0.3, 0.4) is 0 Å². The number of rotatable bonds is 5. The fourth-order valence-corrected chi connectivity index (χ4v) is 3.59. The summed E-state index contributed by atoms with van der Waals surface area (Å²) >= 11 is 1.24. The van der Waals surface area contributed by atoms with E-state index >= 15 is 0 Å². The van der Waals surface area contributed by atoms with Crippen LogP contribution in [0.2, 0.25) is 0 Å². The predicted octanol–water partition coefficient (Wildman–Crippen LogP) is 3.13. The van der Waals surface area contributed by atoms with Crippen molar-refractivity contribution in [2.24, 2.45) is 7.05 Å². The number of nitriles is 1. The SMILES string of the molecule is Cn1c(/C(C#N)=C(/O)CSc2nnnn2-c2ccccc2)nc2ccccc21. The molecule has 0 radical (unpaired) electrons. The Hall–Kier alpha value is -3.64. The quantitative estimate of drug-likeness (QED) is 0.317. The molecule has 8 nitrogen and oxygen atoms in total. The van der Waals surface area contributed by atoms with Crippen LogP contribution in [0.25, 0.3) is 22.3 Å². The second-order valence-electron chi connectivity index (χ2n) is 5.91. The zero-order valence-corrected chi connectivity index (χ0v) is 15.7. The number of aromatic nitrogens is 6. The van der Waals surface area contributed by atoms with Crippen molar-refractivity contribution in [1.29, 1.82) is 5.26 Å². The first kappa shape index (κ1) is 17.8. The van der Waals surface area contributed by atoms with Gasteiger partial charge in [0.1, 0.15) is 17.4 Å². The number of hydrogen-bond acceptors (Lipinski definition) is 7. The number of benzene rings is 2. The Balaban J connectivity index is 1.63. The maximum Gasteiger partial charge on any atom is 0.214 e. The summed E-state index contributed by atoms with van der Waals surface area (Å²) in [4.78, 5) is 4.48. The van der Waals surface area contributed by atoms with E-state index in [4.69, 9.17) is 0 Å². The number of allylic oxidation sites excluding steroid dienone is 1. The molecule has 1 N–H and O–H groups in total. The summed E-state index contributed by atoms with van der Waals surface area (Å²) in [5, 5.41) is 32.4. The van der Waals surface area contributed by atoms with Gasteiger partial charge in [0.2, 0.25) is 5.16 Å². The smallest absolute Gasteiger partial charge is 0.214 e. The molecule has 2 aromatic carbocycles. The topological polar surface area (TPSA) is 105 Å². The molecule has 0 unspecified atom stereocenters. The van der Waals surface area contributed by atoms with Gasteiger partial charge in [0, 0.05) is 7.05 Å². The van der Waals surface area contributed by atoms with Crippen molar-refractivity contribution < 1.29 is 5.11 Å². The summed E-state index contributed by atoms with van der Waals surface area (Å²) in [6, 6.07) is 19.1. The summed E-state index contributed by atoms with van der Waals surface area (Å²) in [5.74, 6) is 0.484. The van der Waals surface area contributed by atoms with Crippen molar-refractivity contribution in [2.45, 2.75) is 5.16 Å². The minimum Gasteiger partial charge on any atom is -0.510 e. The van der Waals surface area contributed by atoms with Crippen LogP contribution in [-0.2, 0) is 7.05 Å². The van der Waals surface area contributed by atoms with Gasteiger partial charge in [-0.1, -0.05) is 42.1 Å². The lowest BCUT2D eigenvalue weighted by Gasteiger charge is -2.06. The zero-order valence-electron chi connectivity index (χ0n) is 14.9. The summed E-state index contributed by atoms with van der Waals surface area (Å²) in [6.45, 7) is 0. The number of aryl methyl sites for hydroxylation is 1. The van der Waals surface area contributed by atoms with Crippen molar-refractivity contribution >= 4 is 28.4 Å². The average molecular weight is 389 g/mol. The third kappa shape index (κ3) is 3.21. The van der Waals surface area contributed by atoms with Gasteiger partial charge in [-0.3, -0.25) is 0 Å². The second kappa shape index (κ2) is 7.54. The van der Waals surface area contributed by atoms with Crippen LogP contribution in [0, 0.1) is 11.3 Å². The standard InChI is InChI=1S/C19H15N7OS/c1-25-16-10-6-5-9-15(16)21-18(25)14(11-20)17(27)12-28-19-22-23-24-26(19)13-7-3-2-4-8-13/h2-10,27H,12H2,1H3/b17-14+. The van der Waals surface area contributed by atoms with Crippen molar-refractivity contribution in [3.8, 4) is 11.8 Å². The molecule has 0 spiro atoms. The van der Waals surface area contributed by atoms with E-state index < -0.39 is 0 Å². The first-order valence-electron chi connectivity index (χ1n) is 8.39. The molecule has 0 saturated carbocycles. The molecule has 0 bridgehead atoms. The Morgan fingerprint density at radius 1 is 1.14 bits per heavy atom. The normalized spacial score (nSPS) is 12.0. The van der Waals surface area contributed by atoms with Gasteiger partial charge in [-0.2, -0.15) is 9.94 Å². The van der Waals surface area contributed by atoms with Gasteiger partial charge in [-0.05, 0) is 34.7 Å². The van der Waals surface area contributed by atoms with E-state index in [0.29, 0.717) is 11.0 Å². The van der Waals surface area contributed by atoms with Crippen molar-refractivity contribution in [1.82, 2.24) is 29.8 Å². The Morgan fingerprint density at radius 3 is 2.64 bits per heavy atom. The second-order valence-corrected chi connectivity index (χ2v) is 6.86. The zero-order chi connectivity index (χ0) is 19.5. The number of aliphatic hydroxyl groups excluding tert-OH is 1. The molecule has 9 heteroatoms. The summed E-state index contributed by atoms with van der Waals surface area (Å²) < 4.78 is 3.38. The molecule has 0 amide bonds. The monoisotopic (exact) mass is 389 g/mol. The number of para-hydroxylation sites is 3. The Kier molecular flexibility index (Phi) is 4.78. The van der Waals surface area contributed by atoms with Gasteiger partial charge < -0.3 is 9.67 Å². The van der Waals surface area contributed by atoms with Gasteiger partial charge in [0.05, 0.1) is 22.5 Å². The highest BCUT2D eigenvalue weighted by Crippen LogP contribution is 2.25. The number of thioether (sulfide) groups is 1. The fraction of sp³-hybridized carbons (Fsp3) is 0.105. The van der Waals surface area contributed by atoms with E-state index in [1.807, 2.05) is 61.6 Å². The third-order valence-electron chi connectivity index (χ3n) is 4.19. The molecular weight excluding hydrogens is 374 g/mol. The van der Waals surface area contributed by atoms with Crippen molar-refractivity contribution in [3.05, 3.63) is 66.2 Å². The molecule has 4 rings (SSSR count). The summed E-state index contributed by atoms with van der Waals surface area (Å²) in [5.41, 5.74) is 2.60. The summed E-state index contributed by atoms with van der Waals surface area (Å²) in [7, 11) is 1.82. The number of fused-ring (bicyclic) bond motifs is 1. The maximum absolute atomic E-state index is 10.6.